The topological polar surface area (TPSA) is 43.1 Å². The Labute approximate surface area is 88.0 Å². The van der Waals surface area contributed by atoms with E-state index in [1.54, 1.807) is 0 Å². The van der Waals surface area contributed by atoms with Crippen LogP contribution in [0.1, 0.15) is 45.4 Å². The van der Waals surface area contributed by atoms with Crippen LogP contribution in [-0.2, 0) is 4.79 Å². The van der Waals surface area contributed by atoms with E-state index in [2.05, 4.69) is 0 Å². The van der Waals surface area contributed by atoms with Gasteiger partial charge in [-0.25, -0.2) is 0 Å². The van der Waals surface area contributed by atoms with Gasteiger partial charge in [0, 0.05) is 12.8 Å². The summed E-state index contributed by atoms with van der Waals surface area (Å²) in [7, 11) is 0. The van der Waals surface area contributed by atoms with Crippen LogP contribution in [0.2, 0.25) is 0 Å². The van der Waals surface area contributed by atoms with Crippen molar-refractivity contribution >= 4 is 5.91 Å². The van der Waals surface area contributed by atoms with Gasteiger partial charge >= 0.3 is 6.18 Å². The Morgan fingerprint density at radius 2 is 1.93 bits per heavy atom. The highest BCUT2D eigenvalue weighted by atomic mass is 19.4. The zero-order chi connectivity index (χ0) is 11.9. The minimum absolute atomic E-state index is 0.140. The number of hydrogen-bond donors (Lipinski definition) is 1. The molecule has 1 amide bonds. The third-order valence-electron chi connectivity index (χ3n) is 2.45. The molecule has 90 valence electrons. The predicted octanol–water partition coefficient (Wildman–Crippen LogP) is 3.01. The summed E-state index contributed by atoms with van der Waals surface area (Å²) in [6.45, 7) is 1.92. The summed E-state index contributed by atoms with van der Waals surface area (Å²) >= 11 is 0. The molecule has 0 saturated heterocycles. The van der Waals surface area contributed by atoms with E-state index in [1.807, 2.05) is 6.92 Å². The number of amides is 1. The van der Waals surface area contributed by atoms with Crippen LogP contribution < -0.4 is 5.73 Å². The Bertz CT molecular complexity index is 192. The smallest absolute Gasteiger partial charge is 0.370 e. The fourth-order valence-corrected chi connectivity index (χ4v) is 1.49. The quantitative estimate of drug-likeness (QED) is 0.711. The van der Waals surface area contributed by atoms with Crippen molar-refractivity contribution in [2.75, 3.05) is 0 Å². The lowest BCUT2D eigenvalue weighted by atomic mass is 9.94. The Balaban J connectivity index is 3.66. The van der Waals surface area contributed by atoms with E-state index in [1.165, 1.54) is 0 Å². The van der Waals surface area contributed by atoms with E-state index in [4.69, 9.17) is 5.73 Å². The van der Waals surface area contributed by atoms with Gasteiger partial charge in [-0.15, -0.1) is 0 Å². The second-order valence-electron chi connectivity index (χ2n) is 3.79. The molecule has 0 aromatic carbocycles. The molecule has 0 aliphatic rings. The lowest BCUT2D eigenvalue weighted by Gasteiger charge is -2.14. The van der Waals surface area contributed by atoms with Crippen molar-refractivity contribution in [2.45, 2.75) is 51.6 Å². The van der Waals surface area contributed by atoms with Gasteiger partial charge in [0.2, 0.25) is 5.91 Å². The Kier molecular flexibility index (Phi) is 6.36. The molecule has 0 radical (unpaired) electrons. The molecule has 0 rings (SSSR count). The van der Waals surface area contributed by atoms with Gasteiger partial charge in [-0.3, -0.25) is 4.79 Å². The van der Waals surface area contributed by atoms with Crippen molar-refractivity contribution in [2.24, 2.45) is 11.7 Å². The van der Waals surface area contributed by atoms with Gasteiger partial charge in [0.05, 0.1) is 0 Å². The first kappa shape index (κ1) is 14.3. The molecule has 15 heavy (non-hydrogen) atoms. The van der Waals surface area contributed by atoms with Crippen molar-refractivity contribution in [3.8, 4) is 0 Å². The van der Waals surface area contributed by atoms with Crippen LogP contribution in [0, 0.1) is 5.92 Å². The first-order valence-electron chi connectivity index (χ1n) is 5.20. The lowest BCUT2D eigenvalue weighted by Crippen LogP contribution is -2.13. The summed E-state index contributed by atoms with van der Waals surface area (Å²) in [5.74, 6) is -0.205. The van der Waals surface area contributed by atoms with Gasteiger partial charge in [-0.1, -0.05) is 19.8 Å². The van der Waals surface area contributed by atoms with Crippen molar-refractivity contribution in [1.29, 1.82) is 0 Å². The van der Waals surface area contributed by atoms with E-state index in [0.29, 0.717) is 12.8 Å². The monoisotopic (exact) mass is 225 g/mol. The van der Waals surface area contributed by atoms with Crippen LogP contribution in [-0.4, -0.2) is 12.1 Å². The number of nitrogens with two attached hydrogens (primary N) is 1. The van der Waals surface area contributed by atoms with Gasteiger partial charge < -0.3 is 5.73 Å². The summed E-state index contributed by atoms with van der Waals surface area (Å²) in [4.78, 5) is 10.5. The maximum atomic E-state index is 11.8. The Morgan fingerprint density at radius 3 is 2.33 bits per heavy atom. The Morgan fingerprint density at radius 1 is 1.33 bits per heavy atom. The van der Waals surface area contributed by atoms with Crippen molar-refractivity contribution in [3.63, 3.8) is 0 Å². The number of hydrogen-bond acceptors (Lipinski definition) is 1. The van der Waals surface area contributed by atoms with Crippen molar-refractivity contribution < 1.29 is 18.0 Å². The molecule has 1 unspecified atom stereocenters. The minimum Gasteiger partial charge on any atom is -0.370 e. The van der Waals surface area contributed by atoms with E-state index in [0.717, 1.165) is 6.42 Å². The van der Waals surface area contributed by atoms with Crippen LogP contribution in [0.3, 0.4) is 0 Å². The highest BCUT2D eigenvalue weighted by Crippen LogP contribution is 2.25. The molecule has 0 bridgehead atoms. The molecule has 0 aromatic heterocycles. The minimum atomic E-state index is -4.07. The third kappa shape index (κ3) is 9.56. The fraction of sp³-hybridized carbons (Fsp3) is 0.900. The summed E-state index contributed by atoms with van der Waals surface area (Å²) in [5.41, 5.74) is 4.97. The van der Waals surface area contributed by atoms with Gasteiger partial charge in [0.15, 0.2) is 0 Å². The number of primary amides is 1. The molecule has 0 aliphatic heterocycles. The van der Waals surface area contributed by atoms with Gasteiger partial charge in [-0.2, -0.15) is 13.2 Å². The second-order valence-corrected chi connectivity index (χ2v) is 3.79. The second kappa shape index (κ2) is 6.69. The predicted molar refractivity (Wildman–Crippen MR) is 52.1 cm³/mol. The van der Waals surface area contributed by atoms with Crippen LogP contribution in [0.4, 0.5) is 13.2 Å². The lowest BCUT2D eigenvalue weighted by molar-refractivity contribution is -0.136. The maximum absolute atomic E-state index is 11.8. The molecular weight excluding hydrogens is 207 g/mol. The number of carbonyl (C=O) groups is 1. The standard InChI is InChI=1S/C10H18F3NO/c1-2-8(5-6-9(14)15)4-3-7-10(11,12)13/h8H,2-7H2,1H3,(H2,14,15). The number of rotatable bonds is 7. The van der Waals surface area contributed by atoms with Crippen LogP contribution in [0.15, 0.2) is 0 Å². The van der Waals surface area contributed by atoms with E-state index < -0.39 is 12.6 Å². The zero-order valence-corrected chi connectivity index (χ0v) is 8.94. The van der Waals surface area contributed by atoms with Crippen LogP contribution in [0.5, 0.6) is 0 Å². The van der Waals surface area contributed by atoms with Crippen molar-refractivity contribution in [3.05, 3.63) is 0 Å². The molecule has 0 heterocycles. The van der Waals surface area contributed by atoms with Crippen molar-refractivity contribution in [1.82, 2.24) is 0 Å². The molecular formula is C10H18F3NO. The molecule has 0 spiro atoms. The number of carbonyl (C=O) groups excluding carboxylic acids is 1. The van der Waals surface area contributed by atoms with Crippen LogP contribution >= 0.6 is 0 Å². The van der Waals surface area contributed by atoms with E-state index in [9.17, 15) is 18.0 Å². The van der Waals surface area contributed by atoms with Gasteiger partial charge in [0.1, 0.15) is 0 Å². The van der Waals surface area contributed by atoms with Gasteiger partial charge in [0.25, 0.3) is 0 Å². The summed E-state index contributed by atoms with van der Waals surface area (Å²) in [5, 5.41) is 0. The number of alkyl halides is 3. The molecule has 2 N–H and O–H groups in total. The largest absolute Gasteiger partial charge is 0.389 e. The first-order valence-corrected chi connectivity index (χ1v) is 5.20. The number of halogens is 3. The van der Waals surface area contributed by atoms with Crippen LogP contribution in [0.25, 0.3) is 0 Å². The molecule has 2 nitrogen and oxygen atoms in total. The Hall–Kier alpha value is -0.740. The van der Waals surface area contributed by atoms with E-state index >= 15 is 0 Å². The molecule has 5 heteroatoms. The summed E-state index contributed by atoms with van der Waals surface area (Å²) < 4.78 is 35.5. The average molecular weight is 225 g/mol. The first-order chi connectivity index (χ1) is 6.85. The maximum Gasteiger partial charge on any atom is 0.389 e. The SMILES string of the molecule is CCC(CCCC(F)(F)F)CCC(N)=O. The molecule has 0 aromatic rings. The normalized spacial score (nSPS) is 13.9. The molecule has 0 saturated carbocycles. The molecule has 0 fully saturated rings. The fourth-order valence-electron chi connectivity index (χ4n) is 1.49. The molecule has 0 aliphatic carbocycles. The highest BCUT2D eigenvalue weighted by Gasteiger charge is 2.26. The van der Waals surface area contributed by atoms with E-state index in [-0.39, 0.29) is 24.7 Å². The summed E-state index contributed by atoms with van der Waals surface area (Å²) in [6.07, 6.45) is -2.48. The zero-order valence-electron chi connectivity index (χ0n) is 8.94. The van der Waals surface area contributed by atoms with Gasteiger partial charge in [-0.05, 0) is 18.8 Å². The average Bonchev–Trinajstić information content (AvgIpc) is 2.08. The molecule has 1 atom stereocenters. The summed E-state index contributed by atoms with van der Waals surface area (Å²) in [6, 6.07) is 0. The third-order valence-corrected chi connectivity index (χ3v) is 2.45. The highest BCUT2D eigenvalue weighted by molar-refractivity contribution is 5.73.